The summed E-state index contributed by atoms with van der Waals surface area (Å²) in [7, 11) is 2.43. The molecule has 6 nitrogen and oxygen atoms in total. The van der Waals surface area contributed by atoms with Crippen LogP contribution in [0.4, 0.5) is 0 Å². The van der Waals surface area contributed by atoms with Crippen LogP contribution in [0.25, 0.3) is 0 Å². The molecule has 0 amide bonds. The molecule has 1 fully saturated rings. The highest BCUT2D eigenvalue weighted by atomic mass is 79.9. The number of thiocarbonyl (C=S) groups is 1. The van der Waals surface area contributed by atoms with Crippen molar-refractivity contribution in [2.75, 3.05) is 14.2 Å². The summed E-state index contributed by atoms with van der Waals surface area (Å²) in [6.07, 6.45) is 1.82. The van der Waals surface area contributed by atoms with Crippen molar-refractivity contribution in [1.29, 1.82) is 0 Å². The summed E-state index contributed by atoms with van der Waals surface area (Å²) in [6.45, 7) is 3.76. The largest absolute Gasteiger partial charge is 0.467 e. The molecular formula is C16H19BrO6S. The number of methoxy groups -OCH3 is 2. The monoisotopic (exact) mass is 418 g/mol. The third-order valence-electron chi connectivity index (χ3n) is 3.92. The topological polar surface area (TPSA) is 71.1 Å². The molecule has 0 spiro atoms. The zero-order chi connectivity index (χ0) is 18.1. The third kappa shape index (κ3) is 3.33. The normalized spacial score (nSPS) is 27.1. The van der Waals surface area contributed by atoms with Gasteiger partial charge in [-0.05, 0) is 13.8 Å². The van der Waals surface area contributed by atoms with Crippen LogP contribution in [0.3, 0.4) is 0 Å². The van der Waals surface area contributed by atoms with Crippen LogP contribution >= 0.6 is 28.1 Å². The molecule has 2 rings (SSSR count). The molecule has 0 saturated carbocycles. The zero-order valence-corrected chi connectivity index (χ0v) is 16.2. The van der Waals surface area contributed by atoms with Gasteiger partial charge in [-0.2, -0.15) is 0 Å². The molecule has 132 valence electrons. The van der Waals surface area contributed by atoms with E-state index in [-0.39, 0.29) is 4.83 Å². The van der Waals surface area contributed by atoms with E-state index in [1.54, 1.807) is 13.0 Å². The fourth-order valence-electron chi connectivity index (χ4n) is 2.67. The Bertz CT molecular complexity index is 600. The first kappa shape index (κ1) is 19.2. The maximum Gasteiger partial charge on any atom is 0.338 e. The van der Waals surface area contributed by atoms with Crippen LogP contribution in [-0.2, 0) is 28.5 Å². The van der Waals surface area contributed by atoms with E-state index < -0.39 is 29.9 Å². The first-order valence-corrected chi connectivity index (χ1v) is 8.65. The second-order valence-electron chi connectivity index (χ2n) is 5.60. The van der Waals surface area contributed by atoms with Crippen molar-refractivity contribution in [1.82, 2.24) is 0 Å². The van der Waals surface area contributed by atoms with Gasteiger partial charge in [0.15, 0.2) is 12.2 Å². The second-order valence-corrected chi connectivity index (χ2v) is 7.47. The lowest BCUT2D eigenvalue weighted by Gasteiger charge is -2.34. The fraction of sp³-hybridized carbons (Fsp3) is 0.562. The molecule has 3 atom stereocenters. The van der Waals surface area contributed by atoms with Crippen molar-refractivity contribution in [2.24, 2.45) is 0 Å². The number of carbonyl (C=O) groups excluding carboxylic acids is 2. The smallest absolute Gasteiger partial charge is 0.338 e. The first-order chi connectivity index (χ1) is 11.3. The number of halogens is 1. The summed E-state index contributed by atoms with van der Waals surface area (Å²) in [6, 6.07) is 0. The van der Waals surface area contributed by atoms with E-state index >= 15 is 0 Å². The van der Waals surface area contributed by atoms with Gasteiger partial charge in [-0.25, -0.2) is 9.59 Å². The second kappa shape index (κ2) is 7.43. The van der Waals surface area contributed by atoms with Gasteiger partial charge in [0.25, 0.3) is 0 Å². The molecular weight excluding hydrogens is 400 g/mol. The number of ether oxygens (including phenoxy) is 4. The number of hydrogen-bond donors (Lipinski definition) is 0. The quantitative estimate of drug-likeness (QED) is 0.393. The van der Waals surface area contributed by atoms with Crippen molar-refractivity contribution >= 4 is 45.0 Å². The first-order valence-electron chi connectivity index (χ1n) is 7.33. The number of alkyl halides is 1. The van der Waals surface area contributed by atoms with Crippen LogP contribution in [0.15, 0.2) is 23.3 Å². The van der Waals surface area contributed by atoms with Gasteiger partial charge in [-0.15, -0.1) is 0 Å². The van der Waals surface area contributed by atoms with Crippen LogP contribution in [-0.4, -0.2) is 53.8 Å². The average Bonchev–Trinajstić information content (AvgIpc) is 2.95. The SMILES string of the molecule is COC(=O)[C@@H]1OC(C2=CC=C(C)CC2=S)(C(C)Br)O[C@H]1C(=O)OC. The van der Waals surface area contributed by atoms with E-state index in [1.165, 1.54) is 14.2 Å². The molecule has 0 radical (unpaired) electrons. The molecule has 0 N–H and O–H groups in total. The average molecular weight is 419 g/mol. The molecule has 8 heteroatoms. The Morgan fingerprint density at radius 2 is 1.75 bits per heavy atom. The van der Waals surface area contributed by atoms with E-state index in [2.05, 4.69) is 15.9 Å². The Morgan fingerprint density at radius 1 is 1.25 bits per heavy atom. The van der Waals surface area contributed by atoms with Crippen LogP contribution in [0, 0.1) is 0 Å². The lowest BCUT2D eigenvalue weighted by atomic mass is 9.91. The number of carbonyl (C=O) groups is 2. The Kier molecular flexibility index (Phi) is 5.95. The van der Waals surface area contributed by atoms with E-state index in [0.29, 0.717) is 16.9 Å². The number of esters is 2. The van der Waals surface area contributed by atoms with Crippen molar-refractivity contribution in [2.45, 2.75) is 43.1 Å². The van der Waals surface area contributed by atoms with Crippen molar-refractivity contribution < 1.29 is 28.5 Å². The van der Waals surface area contributed by atoms with E-state index in [4.69, 9.17) is 31.2 Å². The van der Waals surface area contributed by atoms with Crippen LogP contribution in [0.1, 0.15) is 20.3 Å². The molecule has 0 bridgehead atoms. The highest BCUT2D eigenvalue weighted by Gasteiger charge is 2.59. The molecule has 1 heterocycles. The Hall–Kier alpha value is -1.09. The molecule has 1 unspecified atom stereocenters. The molecule has 0 aromatic heterocycles. The van der Waals surface area contributed by atoms with E-state index in [1.807, 2.05) is 13.0 Å². The minimum atomic E-state index is -1.38. The van der Waals surface area contributed by atoms with Gasteiger partial charge in [0.05, 0.1) is 19.0 Å². The lowest BCUT2D eigenvalue weighted by molar-refractivity contribution is -0.167. The Labute approximate surface area is 154 Å². The minimum absolute atomic E-state index is 0.386. The standard InChI is InChI=1S/C16H19BrO6S/c1-8-5-6-10(11(24)7-8)16(9(2)17)22-12(14(18)20-3)13(23-16)15(19)21-4/h5-6,9,12-13H,7H2,1-4H3/t9?,12-,13-/m1/s1. The lowest BCUT2D eigenvalue weighted by Crippen LogP contribution is -2.45. The predicted molar refractivity (Wildman–Crippen MR) is 94.0 cm³/mol. The van der Waals surface area contributed by atoms with Crippen molar-refractivity contribution in [3.63, 3.8) is 0 Å². The summed E-state index contributed by atoms with van der Waals surface area (Å²) < 4.78 is 21.3. The molecule has 1 aliphatic carbocycles. The number of hydrogen-bond acceptors (Lipinski definition) is 7. The van der Waals surface area contributed by atoms with E-state index in [9.17, 15) is 9.59 Å². The summed E-state index contributed by atoms with van der Waals surface area (Å²) in [5.74, 6) is -2.81. The van der Waals surface area contributed by atoms with Crippen LogP contribution < -0.4 is 0 Å². The summed E-state index contributed by atoms with van der Waals surface area (Å²) in [5, 5.41) is 0. The van der Waals surface area contributed by atoms with Gasteiger partial charge in [0.2, 0.25) is 5.79 Å². The number of allylic oxidation sites excluding steroid dienone is 3. The highest BCUT2D eigenvalue weighted by Crippen LogP contribution is 2.43. The third-order valence-corrected chi connectivity index (χ3v) is 4.89. The van der Waals surface area contributed by atoms with Gasteiger partial charge in [-0.1, -0.05) is 45.9 Å². The van der Waals surface area contributed by atoms with Gasteiger partial charge in [0.1, 0.15) is 0 Å². The Balaban J connectivity index is 2.49. The molecule has 24 heavy (non-hydrogen) atoms. The van der Waals surface area contributed by atoms with Crippen LogP contribution in [0.5, 0.6) is 0 Å². The van der Waals surface area contributed by atoms with Gasteiger partial charge >= 0.3 is 11.9 Å². The summed E-state index contributed by atoms with van der Waals surface area (Å²) >= 11 is 8.93. The predicted octanol–water partition coefficient (Wildman–Crippen LogP) is 2.24. The molecule has 0 aromatic carbocycles. The zero-order valence-electron chi connectivity index (χ0n) is 13.8. The Morgan fingerprint density at radius 3 is 2.12 bits per heavy atom. The van der Waals surface area contributed by atoms with Gasteiger partial charge < -0.3 is 18.9 Å². The molecule has 1 saturated heterocycles. The van der Waals surface area contributed by atoms with Crippen molar-refractivity contribution in [3.05, 3.63) is 23.3 Å². The fourth-order valence-corrected chi connectivity index (χ4v) is 3.57. The molecule has 0 aromatic rings. The minimum Gasteiger partial charge on any atom is -0.467 e. The highest BCUT2D eigenvalue weighted by molar-refractivity contribution is 9.09. The summed E-state index contributed by atoms with van der Waals surface area (Å²) in [5.41, 5.74) is 1.71. The number of rotatable bonds is 4. The van der Waals surface area contributed by atoms with Gasteiger partial charge in [-0.3, -0.25) is 0 Å². The van der Waals surface area contributed by atoms with Crippen molar-refractivity contribution in [3.8, 4) is 0 Å². The molecule has 1 aliphatic heterocycles. The van der Waals surface area contributed by atoms with Crippen LogP contribution in [0.2, 0.25) is 0 Å². The molecule has 2 aliphatic rings. The van der Waals surface area contributed by atoms with Gasteiger partial charge in [0, 0.05) is 16.9 Å². The maximum atomic E-state index is 12.1. The maximum absolute atomic E-state index is 12.1. The van der Waals surface area contributed by atoms with E-state index in [0.717, 1.165) is 5.57 Å². The summed E-state index contributed by atoms with van der Waals surface area (Å²) in [4.78, 5) is 24.4.